The third-order valence-corrected chi connectivity index (χ3v) is 3.91. The zero-order chi connectivity index (χ0) is 10.9. The largest absolute Gasteiger partial charge is 1.00 e. The molecule has 0 aromatic heterocycles. The Labute approximate surface area is 138 Å². The molecule has 6 heteroatoms. The number of hydrogen-bond donors (Lipinski definition) is 0. The van der Waals surface area contributed by atoms with Gasteiger partial charge in [-0.2, -0.15) is 0 Å². The molecule has 16 heavy (non-hydrogen) atoms. The Balaban J connectivity index is 0.00000128. The quantitative estimate of drug-likeness (QED) is 0.650. The Hall–Kier alpha value is 1.45. The van der Waals surface area contributed by atoms with Gasteiger partial charge in [-0.15, -0.1) is 0 Å². The van der Waals surface area contributed by atoms with Crippen molar-refractivity contribution >= 4 is 6.98 Å². The first-order chi connectivity index (χ1) is 7.05. The first-order valence-corrected chi connectivity index (χ1v) is 5.98. The fourth-order valence-electron chi connectivity index (χ4n) is 2.55. The van der Waals surface area contributed by atoms with E-state index in [1.165, 1.54) is 19.3 Å². The third kappa shape index (κ3) is 4.28. The van der Waals surface area contributed by atoms with Crippen LogP contribution in [0.2, 0.25) is 5.82 Å². The summed E-state index contributed by atoms with van der Waals surface area (Å²) in [5.41, 5.74) is 0. The van der Waals surface area contributed by atoms with Gasteiger partial charge in [-0.25, -0.2) is 0 Å². The molecule has 0 amide bonds. The van der Waals surface area contributed by atoms with E-state index in [-0.39, 0.29) is 51.4 Å². The molecule has 2 fully saturated rings. The van der Waals surface area contributed by atoms with Gasteiger partial charge in [0.25, 0.3) is 0 Å². The predicted octanol–water partition coefficient (Wildman–Crippen LogP) is 0.104. The van der Waals surface area contributed by atoms with Gasteiger partial charge in [0.2, 0.25) is 0 Å². The van der Waals surface area contributed by atoms with Crippen molar-refractivity contribution in [2.75, 3.05) is 19.6 Å². The molecular weight excluding hydrogens is 241 g/mol. The van der Waals surface area contributed by atoms with Gasteiger partial charge >= 0.3 is 58.4 Å². The molecule has 88 valence electrons. The molecule has 0 spiro atoms. The molecule has 1 saturated carbocycles. The van der Waals surface area contributed by atoms with E-state index in [1.54, 1.807) is 0 Å². The summed E-state index contributed by atoms with van der Waals surface area (Å²) in [6.07, 6.45) is 4.53. The molecular formula is C10H18BF3KN. The van der Waals surface area contributed by atoms with Crippen molar-refractivity contribution in [3.63, 3.8) is 0 Å². The monoisotopic (exact) mass is 259 g/mol. The fraction of sp³-hybridized carbons (Fsp3) is 1.00. The standard InChI is InChI=1S/C10H18BF3N.K/c12-11(13,14)10-4-6-15(7-5-10)8-9-2-1-3-9;/h9-10H,1-8H2;/q-1;+1. The minimum absolute atomic E-state index is 0. The zero-order valence-corrected chi connectivity index (χ0v) is 13.1. The molecule has 0 N–H and O–H groups in total. The van der Waals surface area contributed by atoms with E-state index < -0.39 is 12.8 Å². The van der Waals surface area contributed by atoms with Crippen LogP contribution in [0.3, 0.4) is 0 Å². The smallest absolute Gasteiger partial charge is 0.449 e. The first kappa shape index (κ1) is 15.5. The third-order valence-electron chi connectivity index (χ3n) is 3.91. The van der Waals surface area contributed by atoms with E-state index in [0.717, 1.165) is 12.5 Å². The number of likely N-dealkylation sites (tertiary alicyclic amines) is 1. The van der Waals surface area contributed by atoms with E-state index in [4.69, 9.17) is 0 Å². The van der Waals surface area contributed by atoms with Crippen molar-refractivity contribution in [3.8, 4) is 0 Å². The molecule has 0 aromatic rings. The molecule has 2 aliphatic rings. The Morgan fingerprint density at radius 2 is 1.56 bits per heavy atom. The van der Waals surface area contributed by atoms with E-state index in [2.05, 4.69) is 4.90 Å². The molecule has 1 aliphatic carbocycles. The van der Waals surface area contributed by atoms with E-state index >= 15 is 0 Å². The molecule has 1 aliphatic heterocycles. The zero-order valence-electron chi connectivity index (χ0n) is 9.97. The molecule has 2 rings (SSSR count). The van der Waals surface area contributed by atoms with E-state index in [1.807, 2.05) is 0 Å². The van der Waals surface area contributed by atoms with Crippen LogP contribution >= 0.6 is 0 Å². The minimum Gasteiger partial charge on any atom is -0.449 e. The van der Waals surface area contributed by atoms with Crippen LogP contribution in [0.15, 0.2) is 0 Å². The second-order valence-electron chi connectivity index (χ2n) is 5.06. The summed E-state index contributed by atoms with van der Waals surface area (Å²) in [4.78, 5) is 2.22. The summed E-state index contributed by atoms with van der Waals surface area (Å²) in [6.45, 7) is -2.24. The van der Waals surface area contributed by atoms with Crippen LogP contribution in [-0.4, -0.2) is 31.5 Å². The van der Waals surface area contributed by atoms with Gasteiger partial charge in [-0.3, -0.25) is 0 Å². The Morgan fingerprint density at radius 1 is 1.00 bits per heavy atom. The van der Waals surface area contributed by atoms with Crippen molar-refractivity contribution in [3.05, 3.63) is 0 Å². The van der Waals surface area contributed by atoms with Gasteiger partial charge in [0.05, 0.1) is 0 Å². The van der Waals surface area contributed by atoms with Crippen LogP contribution in [0, 0.1) is 5.92 Å². The molecule has 1 saturated heterocycles. The maximum absolute atomic E-state index is 12.5. The molecule has 1 nitrogen and oxygen atoms in total. The Kier molecular flexibility index (Phi) is 6.37. The maximum atomic E-state index is 12.5. The van der Waals surface area contributed by atoms with Crippen LogP contribution in [0.5, 0.6) is 0 Å². The van der Waals surface area contributed by atoms with Crippen molar-refractivity contribution in [2.45, 2.75) is 37.9 Å². The second kappa shape index (κ2) is 6.57. The molecule has 0 unspecified atom stereocenters. The first-order valence-electron chi connectivity index (χ1n) is 5.98. The fourth-order valence-corrected chi connectivity index (χ4v) is 2.55. The van der Waals surface area contributed by atoms with Crippen molar-refractivity contribution in [2.24, 2.45) is 5.92 Å². The number of nitrogens with zero attached hydrogens (tertiary/aromatic N) is 1. The number of rotatable bonds is 3. The molecule has 0 atom stereocenters. The van der Waals surface area contributed by atoms with Crippen LogP contribution in [0.1, 0.15) is 32.1 Å². The summed E-state index contributed by atoms with van der Waals surface area (Å²) in [5.74, 6) is -0.208. The average Bonchev–Trinajstić information content (AvgIpc) is 2.11. The normalized spacial score (nSPS) is 24.9. The van der Waals surface area contributed by atoms with Gasteiger partial charge in [0.1, 0.15) is 0 Å². The summed E-state index contributed by atoms with van der Waals surface area (Å²) in [7, 11) is 0. The Morgan fingerprint density at radius 3 is 1.94 bits per heavy atom. The molecule has 0 radical (unpaired) electrons. The molecule has 0 bridgehead atoms. The van der Waals surface area contributed by atoms with Gasteiger partial charge in [-0.05, 0) is 31.8 Å². The number of piperidine rings is 1. The number of halogens is 3. The van der Waals surface area contributed by atoms with Crippen molar-refractivity contribution < 1.29 is 64.3 Å². The van der Waals surface area contributed by atoms with Gasteiger partial charge in [0.15, 0.2) is 0 Å². The van der Waals surface area contributed by atoms with Gasteiger partial charge in [0, 0.05) is 6.54 Å². The van der Waals surface area contributed by atoms with Crippen molar-refractivity contribution in [1.29, 1.82) is 0 Å². The van der Waals surface area contributed by atoms with Crippen LogP contribution in [0.4, 0.5) is 12.9 Å². The van der Waals surface area contributed by atoms with E-state index in [0.29, 0.717) is 25.9 Å². The number of hydrogen-bond acceptors (Lipinski definition) is 1. The summed E-state index contributed by atoms with van der Waals surface area (Å²) in [5, 5.41) is 0. The average molecular weight is 259 g/mol. The topological polar surface area (TPSA) is 3.24 Å². The molecule has 0 aromatic carbocycles. The Bertz CT molecular complexity index is 213. The predicted molar refractivity (Wildman–Crippen MR) is 55.8 cm³/mol. The van der Waals surface area contributed by atoms with Gasteiger partial charge in [-0.1, -0.05) is 25.1 Å². The van der Waals surface area contributed by atoms with Gasteiger partial charge < -0.3 is 17.8 Å². The van der Waals surface area contributed by atoms with E-state index in [9.17, 15) is 12.9 Å². The van der Waals surface area contributed by atoms with Crippen LogP contribution in [0.25, 0.3) is 0 Å². The minimum atomic E-state index is -4.59. The SMILES string of the molecule is F[B-](F)(F)C1CCN(CC2CCC2)CC1.[K+]. The van der Waals surface area contributed by atoms with Crippen LogP contribution in [-0.2, 0) is 0 Å². The molecule has 1 heterocycles. The second-order valence-corrected chi connectivity index (χ2v) is 5.06. The summed E-state index contributed by atoms with van der Waals surface area (Å²) >= 11 is 0. The summed E-state index contributed by atoms with van der Waals surface area (Å²) in [6, 6.07) is 0. The maximum Gasteiger partial charge on any atom is 1.00 e. The van der Waals surface area contributed by atoms with Crippen LogP contribution < -0.4 is 51.4 Å². The van der Waals surface area contributed by atoms with Crippen molar-refractivity contribution in [1.82, 2.24) is 4.90 Å². The summed E-state index contributed by atoms with van der Waals surface area (Å²) < 4.78 is 37.4.